The molecule has 5 nitrogen and oxygen atoms in total. The fourth-order valence-corrected chi connectivity index (χ4v) is 3.81. The third kappa shape index (κ3) is 2.46. The number of nitrogens with zero attached hydrogens (tertiary/aromatic N) is 1. The van der Waals surface area contributed by atoms with E-state index in [2.05, 4.69) is 10.6 Å². The Kier molecular flexibility index (Phi) is 3.57. The largest absolute Gasteiger partial charge is 0.328 e. The van der Waals surface area contributed by atoms with Crippen LogP contribution in [0.25, 0.3) is 0 Å². The zero-order valence-corrected chi connectivity index (χ0v) is 13.4. The Labute approximate surface area is 141 Å². The number of rotatable bonds is 3. The Morgan fingerprint density at radius 1 is 1.21 bits per heavy atom. The van der Waals surface area contributed by atoms with Crippen molar-refractivity contribution >= 4 is 23.3 Å². The monoisotopic (exact) mass is 343 g/mol. The van der Waals surface area contributed by atoms with E-state index in [1.807, 2.05) is 17.5 Å². The molecule has 24 heavy (non-hydrogen) atoms. The number of hydrogen-bond donors (Lipinski definition) is 2. The first kappa shape index (κ1) is 14.9. The molecule has 2 N–H and O–H groups in total. The molecule has 0 bridgehead atoms. The zero-order valence-electron chi connectivity index (χ0n) is 12.6. The summed E-state index contributed by atoms with van der Waals surface area (Å²) in [6.07, 6.45) is 0. The summed E-state index contributed by atoms with van der Waals surface area (Å²) in [5, 5.41) is 7.30. The Hall–Kier alpha value is -2.67. The van der Waals surface area contributed by atoms with Gasteiger partial charge in [0.15, 0.2) is 0 Å². The molecule has 3 heterocycles. The van der Waals surface area contributed by atoms with Crippen molar-refractivity contribution in [1.29, 1.82) is 0 Å². The summed E-state index contributed by atoms with van der Waals surface area (Å²) in [6.45, 7) is 0.799. The van der Waals surface area contributed by atoms with E-state index in [1.54, 1.807) is 34.4 Å². The van der Waals surface area contributed by atoms with Crippen LogP contribution in [0, 0.1) is 5.82 Å². The molecule has 4 rings (SSSR count). The summed E-state index contributed by atoms with van der Waals surface area (Å²) in [7, 11) is 0. The van der Waals surface area contributed by atoms with Crippen molar-refractivity contribution in [3.63, 3.8) is 0 Å². The van der Waals surface area contributed by atoms with Crippen molar-refractivity contribution < 1.29 is 14.0 Å². The number of nitrogens with one attached hydrogen (secondary N) is 2. The summed E-state index contributed by atoms with van der Waals surface area (Å²) in [5.74, 6) is -0.625. The fourth-order valence-electron chi connectivity index (χ4n) is 3.09. The molecular formula is C17H14FN3O2S. The lowest BCUT2D eigenvalue weighted by Crippen LogP contribution is -2.44. The maximum atomic E-state index is 14.2. The Bertz CT molecular complexity index is 847. The Balaban J connectivity index is 1.68. The molecule has 122 valence electrons. The molecule has 0 radical (unpaired) electrons. The van der Waals surface area contributed by atoms with E-state index in [9.17, 15) is 14.0 Å². The van der Waals surface area contributed by atoms with Gasteiger partial charge in [0.25, 0.3) is 5.91 Å². The van der Waals surface area contributed by atoms with E-state index >= 15 is 0 Å². The predicted molar refractivity (Wildman–Crippen MR) is 87.6 cm³/mol. The summed E-state index contributed by atoms with van der Waals surface area (Å²) < 4.78 is 14.2. The summed E-state index contributed by atoms with van der Waals surface area (Å²) in [6, 6.07) is 8.88. The van der Waals surface area contributed by atoms with Crippen molar-refractivity contribution in [2.24, 2.45) is 0 Å². The molecule has 0 saturated carbocycles. The van der Waals surface area contributed by atoms with Crippen LogP contribution in [0.2, 0.25) is 0 Å². The predicted octanol–water partition coefficient (Wildman–Crippen LogP) is 2.54. The quantitative estimate of drug-likeness (QED) is 0.900. The van der Waals surface area contributed by atoms with Gasteiger partial charge in [-0.05, 0) is 17.5 Å². The van der Waals surface area contributed by atoms with Crippen molar-refractivity contribution in [3.8, 4) is 0 Å². The van der Waals surface area contributed by atoms with Gasteiger partial charge in [-0.3, -0.25) is 4.79 Å². The van der Waals surface area contributed by atoms with Crippen molar-refractivity contribution in [1.82, 2.24) is 15.5 Å². The highest BCUT2D eigenvalue weighted by Crippen LogP contribution is 2.34. The average molecular weight is 343 g/mol. The zero-order chi connectivity index (χ0) is 16.7. The minimum absolute atomic E-state index is 0.181. The van der Waals surface area contributed by atoms with Gasteiger partial charge >= 0.3 is 6.03 Å². The van der Waals surface area contributed by atoms with Crippen LogP contribution in [0.3, 0.4) is 0 Å². The van der Waals surface area contributed by atoms with Crippen LogP contribution >= 0.6 is 11.3 Å². The van der Waals surface area contributed by atoms with Gasteiger partial charge in [0, 0.05) is 10.4 Å². The van der Waals surface area contributed by atoms with Crippen LogP contribution in [-0.4, -0.2) is 23.4 Å². The number of carbonyl (C=O) groups excluding carboxylic acids is 2. The third-order valence-corrected chi connectivity index (χ3v) is 5.02. The van der Waals surface area contributed by atoms with Gasteiger partial charge < -0.3 is 15.5 Å². The highest BCUT2D eigenvalue weighted by molar-refractivity contribution is 7.09. The van der Waals surface area contributed by atoms with Gasteiger partial charge in [-0.15, -0.1) is 11.3 Å². The SMILES string of the molecule is O=C1NC2=C(C(=O)N(Cc3cccs3)C2)[C@@H](c2ccccc2F)N1. The lowest BCUT2D eigenvalue weighted by atomic mass is 9.96. The first-order valence-corrected chi connectivity index (χ1v) is 8.38. The van der Waals surface area contributed by atoms with Gasteiger partial charge in [0.2, 0.25) is 0 Å². The van der Waals surface area contributed by atoms with E-state index in [0.29, 0.717) is 29.9 Å². The van der Waals surface area contributed by atoms with Gasteiger partial charge in [-0.25, -0.2) is 9.18 Å². The minimum Gasteiger partial charge on any atom is -0.328 e. The van der Waals surface area contributed by atoms with E-state index in [1.165, 1.54) is 6.07 Å². The first-order chi connectivity index (χ1) is 11.6. The number of halogens is 1. The minimum atomic E-state index is -0.768. The first-order valence-electron chi connectivity index (χ1n) is 7.50. The van der Waals surface area contributed by atoms with Crippen LogP contribution in [0.4, 0.5) is 9.18 Å². The summed E-state index contributed by atoms with van der Waals surface area (Å²) >= 11 is 1.57. The van der Waals surface area contributed by atoms with Crippen molar-refractivity contribution in [3.05, 3.63) is 69.3 Å². The van der Waals surface area contributed by atoms with E-state index in [-0.39, 0.29) is 5.91 Å². The number of hydrogen-bond acceptors (Lipinski definition) is 3. The normalized spacial score (nSPS) is 20.0. The van der Waals surface area contributed by atoms with E-state index in [0.717, 1.165) is 4.88 Å². The van der Waals surface area contributed by atoms with Crippen LogP contribution < -0.4 is 10.6 Å². The van der Waals surface area contributed by atoms with Crippen LogP contribution in [0.5, 0.6) is 0 Å². The molecule has 1 atom stereocenters. The molecule has 7 heteroatoms. The fraction of sp³-hybridized carbons (Fsp3) is 0.176. The summed E-state index contributed by atoms with van der Waals surface area (Å²) in [4.78, 5) is 27.5. The number of thiophene rings is 1. The molecule has 2 aromatic rings. The Morgan fingerprint density at radius 3 is 2.79 bits per heavy atom. The van der Waals surface area contributed by atoms with Crippen LogP contribution in [0.15, 0.2) is 53.0 Å². The van der Waals surface area contributed by atoms with Crippen LogP contribution in [-0.2, 0) is 11.3 Å². The number of carbonyl (C=O) groups is 2. The maximum Gasteiger partial charge on any atom is 0.319 e. The molecule has 1 aromatic carbocycles. The second kappa shape index (κ2) is 5.76. The number of amides is 3. The summed E-state index contributed by atoms with van der Waals surface area (Å²) in [5.41, 5.74) is 1.26. The topological polar surface area (TPSA) is 61.4 Å². The molecular weight excluding hydrogens is 329 g/mol. The third-order valence-electron chi connectivity index (χ3n) is 4.16. The van der Waals surface area contributed by atoms with Crippen molar-refractivity contribution in [2.75, 3.05) is 6.54 Å². The molecule has 0 unspecified atom stereocenters. The van der Waals surface area contributed by atoms with Gasteiger partial charge in [0.1, 0.15) is 5.82 Å². The molecule has 0 spiro atoms. The number of urea groups is 1. The van der Waals surface area contributed by atoms with Gasteiger partial charge in [-0.1, -0.05) is 24.3 Å². The molecule has 0 saturated heterocycles. The standard InChI is InChI=1S/C17H14FN3O2S/c18-12-6-2-1-5-11(12)15-14-13(19-17(23)20-15)9-21(16(14)22)8-10-4-3-7-24-10/h1-7,15H,8-9H2,(H2,19,20,23)/t15-/m1/s1. The highest BCUT2D eigenvalue weighted by atomic mass is 32.1. The average Bonchev–Trinajstić information content (AvgIpc) is 3.16. The lowest BCUT2D eigenvalue weighted by molar-refractivity contribution is -0.126. The van der Waals surface area contributed by atoms with E-state index in [4.69, 9.17) is 0 Å². The molecule has 0 fully saturated rings. The van der Waals surface area contributed by atoms with Gasteiger partial charge in [-0.2, -0.15) is 0 Å². The van der Waals surface area contributed by atoms with E-state index < -0.39 is 17.9 Å². The second-order valence-electron chi connectivity index (χ2n) is 5.69. The highest BCUT2D eigenvalue weighted by Gasteiger charge is 2.41. The van der Waals surface area contributed by atoms with Gasteiger partial charge in [0.05, 0.1) is 30.4 Å². The molecule has 3 amide bonds. The molecule has 0 aliphatic carbocycles. The molecule has 1 aromatic heterocycles. The van der Waals surface area contributed by atoms with Crippen molar-refractivity contribution in [2.45, 2.75) is 12.6 Å². The smallest absolute Gasteiger partial charge is 0.319 e. The lowest BCUT2D eigenvalue weighted by Gasteiger charge is -2.25. The van der Waals surface area contributed by atoms with Crippen LogP contribution in [0.1, 0.15) is 16.5 Å². The Morgan fingerprint density at radius 2 is 2.04 bits per heavy atom. The maximum absolute atomic E-state index is 14.2. The molecule has 2 aliphatic heterocycles. The molecule has 2 aliphatic rings. The number of benzene rings is 1. The second-order valence-corrected chi connectivity index (χ2v) is 6.72.